The molecule has 0 unspecified atom stereocenters. The quantitative estimate of drug-likeness (QED) is 0.857. The van der Waals surface area contributed by atoms with E-state index in [1.807, 2.05) is 25.1 Å². The number of benzene rings is 1. The molecule has 1 aromatic carbocycles. The summed E-state index contributed by atoms with van der Waals surface area (Å²) in [7, 11) is 0. The number of rotatable bonds is 4. The Morgan fingerprint density at radius 3 is 2.75 bits per heavy atom. The van der Waals surface area contributed by atoms with Crippen molar-refractivity contribution < 1.29 is 5.11 Å². The van der Waals surface area contributed by atoms with Gasteiger partial charge in [0.1, 0.15) is 11.3 Å². The minimum atomic E-state index is -0.143. The van der Waals surface area contributed by atoms with Gasteiger partial charge >= 0.3 is 0 Å². The second kappa shape index (κ2) is 7.20. The van der Waals surface area contributed by atoms with E-state index in [-0.39, 0.29) is 17.4 Å². The lowest BCUT2D eigenvalue weighted by Crippen LogP contribution is -2.25. The molecule has 1 heterocycles. The highest BCUT2D eigenvalue weighted by Gasteiger charge is 2.17. The summed E-state index contributed by atoms with van der Waals surface area (Å²) < 4.78 is 1.78. The van der Waals surface area contributed by atoms with Gasteiger partial charge in [-0.15, -0.1) is 0 Å². The van der Waals surface area contributed by atoms with Crippen molar-refractivity contribution in [2.75, 3.05) is 0 Å². The molecule has 0 aliphatic heterocycles. The summed E-state index contributed by atoms with van der Waals surface area (Å²) in [6.07, 6.45) is 8.31. The van der Waals surface area contributed by atoms with Crippen LogP contribution >= 0.6 is 0 Å². The maximum atomic E-state index is 12.9. The van der Waals surface area contributed by atoms with Crippen LogP contribution in [0.2, 0.25) is 0 Å². The van der Waals surface area contributed by atoms with Crippen molar-refractivity contribution in [1.29, 1.82) is 0 Å². The third kappa shape index (κ3) is 3.10. The van der Waals surface area contributed by atoms with E-state index in [2.05, 4.69) is 11.9 Å². The third-order valence-electron chi connectivity index (χ3n) is 4.93. The van der Waals surface area contributed by atoms with Crippen molar-refractivity contribution in [3.8, 4) is 5.75 Å². The first-order valence-corrected chi connectivity index (χ1v) is 9.01. The molecule has 3 rings (SSSR count). The highest BCUT2D eigenvalue weighted by Crippen LogP contribution is 2.28. The zero-order valence-electron chi connectivity index (χ0n) is 14.6. The number of nitrogens with zero attached hydrogens (tertiary/aromatic N) is 2. The van der Waals surface area contributed by atoms with Crippen molar-refractivity contribution in [3.63, 3.8) is 0 Å². The summed E-state index contributed by atoms with van der Waals surface area (Å²) in [4.78, 5) is 17.5. The molecule has 0 atom stereocenters. The van der Waals surface area contributed by atoms with E-state index in [1.165, 1.54) is 19.3 Å². The standard InChI is InChI=1S/C20H26N2O2/c1-3-12-22-18-14(2)8-7-11-16(18)19(23)17(20(22)24)13-21-15-9-5-4-6-10-15/h7-8,11,13,15,23H,3-6,9-10,12H2,1-2H3. The zero-order chi connectivity index (χ0) is 17.1. The van der Waals surface area contributed by atoms with Crippen LogP contribution in [0.3, 0.4) is 0 Å². The molecule has 0 bridgehead atoms. The fourth-order valence-electron chi connectivity index (χ4n) is 3.67. The molecule has 0 saturated heterocycles. The molecule has 1 saturated carbocycles. The minimum absolute atomic E-state index is 0.0608. The molecular weight excluding hydrogens is 300 g/mol. The molecule has 0 radical (unpaired) electrons. The Morgan fingerprint density at radius 2 is 2.04 bits per heavy atom. The number of aromatic hydroxyl groups is 1. The van der Waals surface area contributed by atoms with E-state index in [0.29, 0.717) is 12.1 Å². The van der Waals surface area contributed by atoms with Gasteiger partial charge in [-0.2, -0.15) is 0 Å². The Hall–Kier alpha value is -2.10. The van der Waals surface area contributed by atoms with E-state index in [9.17, 15) is 9.90 Å². The fraction of sp³-hybridized carbons (Fsp3) is 0.500. The third-order valence-corrected chi connectivity index (χ3v) is 4.93. The maximum Gasteiger partial charge on any atom is 0.263 e. The molecule has 0 spiro atoms. The summed E-state index contributed by atoms with van der Waals surface area (Å²) in [5.74, 6) is 0.0608. The normalized spacial score (nSPS) is 16.2. The lowest BCUT2D eigenvalue weighted by atomic mass is 9.96. The summed E-state index contributed by atoms with van der Waals surface area (Å²) in [5.41, 5.74) is 2.02. The average Bonchev–Trinajstić information content (AvgIpc) is 2.59. The van der Waals surface area contributed by atoms with Crippen LogP contribution in [0.25, 0.3) is 10.9 Å². The molecule has 0 amide bonds. The molecule has 1 fully saturated rings. The molecule has 1 aliphatic carbocycles. The number of para-hydroxylation sites is 1. The zero-order valence-corrected chi connectivity index (χ0v) is 14.6. The second-order valence-electron chi connectivity index (χ2n) is 6.76. The van der Waals surface area contributed by atoms with Gasteiger partial charge < -0.3 is 9.67 Å². The number of aryl methyl sites for hydroxylation is 2. The topological polar surface area (TPSA) is 54.6 Å². The number of aromatic nitrogens is 1. The molecule has 24 heavy (non-hydrogen) atoms. The van der Waals surface area contributed by atoms with Crippen molar-refractivity contribution in [2.45, 2.75) is 65.0 Å². The number of aliphatic imine (C=N–C) groups is 1. The van der Waals surface area contributed by atoms with Gasteiger partial charge in [0.05, 0.1) is 5.52 Å². The van der Waals surface area contributed by atoms with Crippen LogP contribution < -0.4 is 5.56 Å². The monoisotopic (exact) mass is 326 g/mol. The van der Waals surface area contributed by atoms with Crippen molar-refractivity contribution in [2.24, 2.45) is 4.99 Å². The van der Waals surface area contributed by atoms with Crippen molar-refractivity contribution >= 4 is 17.1 Å². The summed E-state index contributed by atoms with van der Waals surface area (Å²) >= 11 is 0. The summed E-state index contributed by atoms with van der Waals surface area (Å²) in [5, 5.41) is 11.4. The Balaban J connectivity index is 2.14. The number of fused-ring (bicyclic) bond motifs is 1. The SMILES string of the molecule is CCCn1c(=O)c(C=NC2CCCCC2)c(O)c2cccc(C)c21. The number of pyridine rings is 1. The Morgan fingerprint density at radius 1 is 1.29 bits per heavy atom. The van der Waals surface area contributed by atoms with Crippen LogP contribution in [0, 0.1) is 6.92 Å². The van der Waals surface area contributed by atoms with Gasteiger partial charge in [-0.25, -0.2) is 0 Å². The van der Waals surface area contributed by atoms with Crippen molar-refractivity contribution in [3.05, 3.63) is 39.7 Å². The Bertz CT molecular complexity index is 814. The molecule has 1 N–H and O–H groups in total. The first-order valence-electron chi connectivity index (χ1n) is 9.01. The first kappa shape index (κ1) is 16.7. The van der Waals surface area contributed by atoms with E-state index < -0.39 is 0 Å². The number of hydrogen-bond acceptors (Lipinski definition) is 3. The Kier molecular flexibility index (Phi) is 5.03. The highest BCUT2D eigenvalue weighted by atomic mass is 16.3. The molecule has 4 nitrogen and oxygen atoms in total. The van der Waals surface area contributed by atoms with Crippen LogP contribution in [-0.2, 0) is 6.54 Å². The van der Waals surface area contributed by atoms with Crippen LogP contribution in [0.1, 0.15) is 56.6 Å². The minimum Gasteiger partial charge on any atom is -0.506 e. The van der Waals surface area contributed by atoms with Gasteiger partial charge in [-0.3, -0.25) is 9.79 Å². The predicted octanol–water partition coefficient (Wildman–Crippen LogP) is 4.18. The molecular formula is C20H26N2O2. The largest absolute Gasteiger partial charge is 0.506 e. The van der Waals surface area contributed by atoms with Gasteiger partial charge in [0.25, 0.3) is 5.56 Å². The van der Waals surface area contributed by atoms with Gasteiger partial charge in [-0.1, -0.05) is 38.3 Å². The summed E-state index contributed by atoms with van der Waals surface area (Å²) in [6.45, 7) is 4.67. The van der Waals surface area contributed by atoms with Crippen LogP contribution in [0.4, 0.5) is 0 Å². The van der Waals surface area contributed by atoms with E-state index in [1.54, 1.807) is 10.8 Å². The predicted molar refractivity (Wildman–Crippen MR) is 99.4 cm³/mol. The van der Waals surface area contributed by atoms with Crippen LogP contribution in [0.15, 0.2) is 28.0 Å². The fourth-order valence-corrected chi connectivity index (χ4v) is 3.67. The van der Waals surface area contributed by atoms with Gasteiger partial charge in [-0.05, 0) is 37.8 Å². The maximum absolute atomic E-state index is 12.9. The lowest BCUT2D eigenvalue weighted by Gasteiger charge is -2.18. The first-order chi connectivity index (χ1) is 11.6. The molecule has 128 valence electrons. The number of hydrogen-bond donors (Lipinski definition) is 1. The van der Waals surface area contributed by atoms with Gasteiger partial charge in [0.15, 0.2) is 0 Å². The lowest BCUT2D eigenvalue weighted by molar-refractivity contribution is 0.444. The smallest absolute Gasteiger partial charge is 0.263 e. The van der Waals surface area contributed by atoms with Crippen molar-refractivity contribution in [1.82, 2.24) is 4.57 Å². The van der Waals surface area contributed by atoms with E-state index in [4.69, 9.17) is 0 Å². The average molecular weight is 326 g/mol. The second-order valence-corrected chi connectivity index (χ2v) is 6.76. The molecule has 4 heteroatoms. The van der Waals surface area contributed by atoms with E-state index >= 15 is 0 Å². The van der Waals surface area contributed by atoms with E-state index in [0.717, 1.165) is 35.7 Å². The highest BCUT2D eigenvalue weighted by molar-refractivity contribution is 5.96. The molecule has 1 aromatic heterocycles. The summed E-state index contributed by atoms with van der Waals surface area (Å²) in [6, 6.07) is 6.05. The van der Waals surface area contributed by atoms with Gasteiger partial charge in [0, 0.05) is 24.2 Å². The van der Waals surface area contributed by atoms with Gasteiger partial charge in [0.2, 0.25) is 0 Å². The van der Waals surface area contributed by atoms with Crippen LogP contribution in [-0.4, -0.2) is 21.9 Å². The molecule has 2 aromatic rings. The molecule has 1 aliphatic rings. The Labute approximate surface area is 142 Å². The van der Waals surface area contributed by atoms with Crippen LogP contribution in [0.5, 0.6) is 5.75 Å².